The van der Waals surface area contributed by atoms with Crippen molar-refractivity contribution >= 4 is 51.1 Å². The van der Waals surface area contributed by atoms with Gasteiger partial charge in [0.25, 0.3) is 0 Å². The van der Waals surface area contributed by atoms with Gasteiger partial charge in [-0.1, -0.05) is 63.2 Å². The topological polar surface area (TPSA) is 64.1 Å². The van der Waals surface area contributed by atoms with Crippen molar-refractivity contribution < 1.29 is 14.2 Å². The van der Waals surface area contributed by atoms with Crippen molar-refractivity contribution in [2.45, 2.75) is 39.8 Å². The lowest BCUT2D eigenvalue weighted by atomic mass is 9.87. The average molecular weight is 680 g/mol. The molecule has 8 heteroatoms. The Kier molecular flexibility index (Phi) is 11.1. The van der Waals surface area contributed by atoms with Gasteiger partial charge in [0.15, 0.2) is 5.11 Å². The van der Waals surface area contributed by atoms with E-state index in [2.05, 4.69) is 117 Å². The van der Waals surface area contributed by atoms with Crippen molar-refractivity contribution in [3.63, 3.8) is 0 Å². The van der Waals surface area contributed by atoms with Crippen LogP contribution in [0.2, 0.25) is 0 Å². The normalized spacial score (nSPS) is 12.9. The van der Waals surface area contributed by atoms with Gasteiger partial charge < -0.3 is 24.8 Å². The minimum Gasteiger partial charge on any atom is -0.497 e. The first-order chi connectivity index (χ1) is 23.1. The molecule has 48 heavy (non-hydrogen) atoms. The number of rotatable bonds is 11. The first-order valence-corrected chi connectivity index (χ1v) is 18.3. The summed E-state index contributed by atoms with van der Waals surface area (Å²) in [7, 11) is 2.50. The van der Waals surface area contributed by atoms with Gasteiger partial charge >= 0.3 is 0 Å². The van der Waals surface area contributed by atoms with Crippen molar-refractivity contribution in [1.29, 1.82) is 0 Å². The number of nitrogens with zero attached hydrogens (tertiary/aromatic N) is 1. The Balaban J connectivity index is 1.57. The number of ether oxygens (including phenoxy) is 3. The monoisotopic (exact) mass is 679 g/mol. The molecule has 0 amide bonds. The van der Waals surface area contributed by atoms with Crippen molar-refractivity contribution in [3.05, 3.63) is 121 Å². The number of thiocarbonyl (C=S) groups is 1. The maximum absolute atomic E-state index is 5.97. The summed E-state index contributed by atoms with van der Waals surface area (Å²) < 4.78 is 22.4. The molecular weight excluding hydrogens is 633 g/mol. The van der Waals surface area contributed by atoms with Crippen LogP contribution in [0.4, 0.5) is 0 Å². The van der Waals surface area contributed by atoms with Crippen LogP contribution in [-0.2, 0) is 0 Å². The lowest BCUT2D eigenvalue weighted by Gasteiger charge is -2.34. The summed E-state index contributed by atoms with van der Waals surface area (Å²) in [5.41, 5.74) is 1.05. The number of nitrogens with one attached hydrogen (secondary N) is 2. The Morgan fingerprint density at radius 3 is 1.58 bits per heavy atom. The lowest BCUT2D eigenvalue weighted by molar-refractivity contribution is 0.302. The highest BCUT2D eigenvalue weighted by molar-refractivity contribution is 7.87. The summed E-state index contributed by atoms with van der Waals surface area (Å²) >= 11 is 5.97. The minimum atomic E-state index is -2.56. The quantitative estimate of drug-likeness (QED) is 0.109. The molecule has 0 unspecified atom stereocenters. The zero-order valence-corrected chi connectivity index (χ0v) is 30.6. The van der Waals surface area contributed by atoms with Crippen LogP contribution >= 0.6 is 19.3 Å². The Bertz CT molecular complexity index is 1760. The lowest BCUT2D eigenvalue weighted by Crippen LogP contribution is -2.50. The summed E-state index contributed by atoms with van der Waals surface area (Å²) in [6.45, 7) is 9.35. The van der Waals surface area contributed by atoms with E-state index in [-0.39, 0.29) is 17.5 Å². The van der Waals surface area contributed by atoms with Crippen molar-refractivity contribution in [2.75, 3.05) is 27.9 Å². The maximum Gasteiger partial charge on any atom is 0.167 e. The molecule has 2 N–H and O–H groups in total. The van der Waals surface area contributed by atoms with E-state index in [0.29, 0.717) is 11.7 Å². The summed E-state index contributed by atoms with van der Waals surface area (Å²) in [5, 5.41) is 13.6. The van der Waals surface area contributed by atoms with Gasteiger partial charge in [-0.05, 0) is 114 Å². The fourth-order valence-corrected chi connectivity index (χ4v) is 9.78. The summed E-state index contributed by atoms with van der Waals surface area (Å²) in [5.74, 6) is 2.40. The second-order valence-corrected chi connectivity index (χ2v) is 16.4. The molecule has 5 aromatic carbocycles. The Morgan fingerprint density at radius 2 is 1.12 bits per heavy atom. The molecule has 5 rings (SSSR count). The smallest absolute Gasteiger partial charge is 0.167 e. The molecule has 0 bridgehead atoms. The number of hydrogen-bond donors (Lipinski definition) is 2. The highest BCUT2D eigenvalue weighted by Crippen LogP contribution is 2.47. The third-order valence-electron chi connectivity index (χ3n) is 8.80. The number of benzene rings is 5. The van der Waals surface area contributed by atoms with Gasteiger partial charge in [0.1, 0.15) is 17.2 Å². The van der Waals surface area contributed by atoms with E-state index in [9.17, 15) is 0 Å². The van der Waals surface area contributed by atoms with Crippen LogP contribution in [0.15, 0.2) is 120 Å². The predicted molar refractivity (Wildman–Crippen MR) is 207 cm³/mol. The molecule has 0 aliphatic heterocycles. The Hall–Kier alpha value is -4.32. The van der Waals surface area contributed by atoms with E-state index in [1.807, 2.05) is 36.4 Å². The van der Waals surface area contributed by atoms with E-state index in [1.165, 1.54) is 16.3 Å². The maximum atomic E-state index is 5.97. The summed E-state index contributed by atoms with van der Waals surface area (Å²) in [6, 6.07) is 39.7. The molecule has 5 aromatic rings. The fourth-order valence-electron chi connectivity index (χ4n) is 5.93. The third-order valence-corrected chi connectivity index (χ3v) is 12.8. The largest absolute Gasteiger partial charge is 0.497 e. The zero-order chi connectivity index (χ0) is 34.3. The molecule has 0 heterocycles. The van der Waals surface area contributed by atoms with Gasteiger partial charge in [0.05, 0.1) is 47.0 Å². The molecule has 0 radical (unpaired) electrons. The van der Waals surface area contributed by atoms with Gasteiger partial charge in [-0.25, -0.2) is 0 Å². The Morgan fingerprint density at radius 1 is 0.667 bits per heavy atom. The third kappa shape index (κ3) is 7.69. The minimum absolute atomic E-state index is 0.0122. The van der Waals surface area contributed by atoms with Gasteiger partial charge in [0, 0.05) is 15.9 Å². The summed E-state index contributed by atoms with van der Waals surface area (Å²) in [4.78, 5) is 0. The van der Waals surface area contributed by atoms with Crippen LogP contribution in [0.25, 0.3) is 10.8 Å². The van der Waals surface area contributed by atoms with E-state index >= 15 is 0 Å². The van der Waals surface area contributed by atoms with Gasteiger partial charge in [-0.2, -0.15) is 0 Å². The van der Waals surface area contributed by atoms with Crippen LogP contribution in [0.5, 0.6) is 17.2 Å². The van der Waals surface area contributed by atoms with Crippen LogP contribution < -0.4 is 40.8 Å². The first kappa shape index (κ1) is 35.0. The van der Waals surface area contributed by atoms with Crippen molar-refractivity contribution in [1.82, 2.24) is 10.6 Å². The predicted octanol–water partition coefficient (Wildman–Crippen LogP) is 7.98. The highest BCUT2D eigenvalue weighted by atomic mass is 32.1. The van der Waals surface area contributed by atoms with Crippen LogP contribution in [-0.4, -0.2) is 39.0 Å². The molecule has 0 aliphatic rings. The van der Waals surface area contributed by atoms with Crippen molar-refractivity contribution in [3.8, 4) is 17.2 Å². The first-order valence-electron chi connectivity index (χ1n) is 16.2. The number of hydrogen-bond acceptors (Lipinski definition) is 5. The SMILES string of the molecule is COc1ccc(P(=NC[C@@H](NC(=S)N[C@H](C)c2cccc3ccccc23)C(C)(C)C)(c2ccc(OC)cc2)c2ccc(OC)cc2)cc1. The van der Waals surface area contributed by atoms with Gasteiger partial charge in [0.2, 0.25) is 0 Å². The molecule has 6 nitrogen and oxygen atoms in total. The average Bonchev–Trinajstić information content (AvgIpc) is 3.11. The molecule has 0 aliphatic carbocycles. The van der Waals surface area contributed by atoms with Crippen LogP contribution in [0.1, 0.15) is 39.3 Å². The molecule has 0 saturated heterocycles. The highest BCUT2D eigenvalue weighted by Gasteiger charge is 2.31. The van der Waals surface area contributed by atoms with Crippen molar-refractivity contribution in [2.24, 2.45) is 10.2 Å². The molecule has 2 atom stereocenters. The second kappa shape index (κ2) is 15.3. The second-order valence-electron chi connectivity index (χ2n) is 12.9. The molecule has 0 fully saturated rings. The van der Waals surface area contributed by atoms with Crippen LogP contribution in [0, 0.1) is 5.41 Å². The number of methoxy groups -OCH3 is 3. The fraction of sp³-hybridized carbons (Fsp3) is 0.275. The van der Waals surface area contributed by atoms with Crippen LogP contribution in [0.3, 0.4) is 0 Å². The molecule has 250 valence electrons. The van der Waals surface area contributed by atoms with Gasteiger partial charge in [-0.3, -0.25) is 4.74 Å². The molecule has 0 saturated carbocycles. The Labute approximate surface area is 290 Å². The van der Waals surface area contributed by atoms with E-state index in [4.69, 9.17) is 31.2 Å². The molecule has 0 spiro atoms. The molecular formula is C40H46N3O3PS. The van der Waals surface area contributed by atoms with E-state index < -0.39 is 7.05 Å². The zero-order valence-electron chi connectivity index (χ0n) is 28.9. The standard InChI is InChI=1S/C40H46N3O3PS/c1-28(36-14-10-12-29-11-8-9-13-37(29)36)42-39(48)43-38(40(2,3)4)27-41-47(33-21-15-30(44-5)16-22-33,34-23-17-31(45-6)18-24-34)35-25-19-32(46-7)20-26-35/h8-26,28,38H,27H2,1-7H3,(H2,42,43,48)/t28-,38-/m1/s1. The van der Waals surface area contributed by atoms with Gasteiger partial charge in [-0.15, -0.1) is 0 Å². The van der Waals surface area contributed by atoms with E-state index in [1.54, 1.807) is 21.3 Å². The van der Waals surface area contributed by atoms with E-state index in [0.717, 1.165) is 33.2 Å². The summed E-state index contributed by atoms with van der Waals surface area (Å²) in [6.07, 6.45) is 0. The number of fused-ring (bicyclic) bond motifs is 1. The molecule has 0 aromatic heterocycles.